The zero-order valence-corrected chi connectivity index (χ0v) is 11.7. The van der Waals surface area contributed by atoms with Crippen LogP contribution < -0.4 is 4.90 Å². The van der Waals surface area contributed by atoms with Gasteiger partial charge in [-0.05, 0) is 36.9 Å². The van der Waals surface area contributed by atoms with E-state index in [1.807, 2.05) is 6.92 Å². The molecule has 1 aliphatic rings. The van der Waals surface area contributed by atoms with Gasteiger partial charge in [0.15, 0.2) is 5.78 Å². The van der Waals surface area contributed by atoms with Crippen LogP contribution in [-0.4, -0.2) is 28.6 Å². The smallest absolute Gasteiger partial charge is 0.247 e. The number of rotatable bonds is 4. The number of imide groups is 1. The Morgan fingerprint density at radius 3 is 2.47 bits per heavy atom. The third kappa shape index (κ3) is 2.71. The predicted molar refractivity (Wildman–Crippen MR) is 75.5 cm³/mol. The Morgan fingerprint density at radius 1 is 1.32 bits per heavy atom. The average molecular weight is 277 g/mol. The number of carbonyl (C=O) groups excluding carboxylic acids is 3. The SMILES string of the molecule is CCSC1CC(=O)N(c2ccc(C(C)=O)cc2)C1=O. The fourth-order valence-electron chi connectivity index (χ4n) is 2.05. The van der Waals surface area contributed by atoms with E-state index in [-0.39, 0.29) is 29.3 Å². The summed E-state index contributed by atoms with van der Waals surface area (Å²) in [5.74, 6) is 0.435. The minimum atomic E-state index is -0.273. The maximum Gasteiger partial charge on any atom is 0.247 e. The van der Waals surface area contributed by atoms with Crippen LogP contribution in [0.4, 0.5) is 5.69 Å². The summed E-state index contributed by atoms with van der Waals surface area (Å²) >= 11 is 1.49. The van der Waals surface area contributed by atoms with Gasteiger partial charge in [-0.2, -0.15) is 0 Å². The van der Waals surface area contributed by atoms with E-state index in [1.165, 1.54) is 23.6 Å². The highest BCUT2D eigenvalue weighted by atomic mass is 32.2. The van der Waals surface area contributed by atoms with Gasteiger partial charge < -0.3 is 0 Å². The van der Waals surface area contributed by atoms with Crippen LogP contribution in [0.15, 0.2) is 24.3 Å². The minimum Gasteiger partial charge on any atom is -0.295 e. The normalized spacial score (nSPS) is 19.1. The van der Waals surface area contributed by atoms with Gasteiger partial charge >= 0.3 is 0 Å². The summed E-state index contributed by atoms with van der Waals surface area (Å²) in [7, 11) is 0. The summed E-state index contributed by atoms with van der Waals surface area (Å²) in [6.07, 6.45) is 0.256. The first-order chi connectivity index (χ1) is 9.04. The van der Waals surface area contributed by atoms with E-state index >= 15 is 0 Å². The van der Waals surface area contributed by atoms with Crippen LogP contribution in [-0.2, 0) is 9.59 Å². The summed E-state index contributed by atoms with van der Waals surface area (Å²) in [6, 6.07) is 6.56. The third-order valence-electron chi connectivity index (χ3n) is 3.01. The molecular formula is C14H15NO3S. The fraction of sp³-hybridized carbons (Fsp3) is 0.357. The number of ketones is 1. The summed E-state index contributed by atoms with van der Waals surface area (Å²) in [5.41, 5.74) is 1.11. The van der Waals surface area contributed by atoms with E-state index in [2.05, 4.69) is 0 Å². The number of amides is 2. The molecular weight excluding hydrogens is 262 g/mol. The summed E-state index contributed by atoms with van der Waals surface area (Å²) in [5, 5.41) is -0.273. The topological polar surface area (TPSA) is 54.5 Å². The first-order valence-corrected chi connectivity index (χ1v) is 7.19. The first-order valence-electron chi connectivity index (χ1n) is 6.14. The molecule has 1 aliphatic heterocycles. The highest BCUT2D eigenvalue weighted by molar-refractivity contribution is 8.00. The maximum atomic E-state index is 12.1. The number of anilines is 1. The molecule has 5 heteroatoms. The number of thioether (sulfide) groups is 1. The molecule has 2 amide bonds. The summed E-state index contributed by atoms with van der Waals surface area (Å²) in [4.78, 5) is 36.5. The van der Waals surface area contributed by atoms with Crippen LogP contribution >= 0.6 is 11.8 Å². The zero-order valence-electron chi connectivity index (χ0n) is 10.9. The van der Waals surface area contributed by atoms with Gasteiger partial charge in [0.1, 0.15) is 0 Å². The largest absolute Gasteiger partial charge is 0.295 e. The fourth-order valence-corrected chi connectivity index (χ4v) is 2.96. The second kappa shape index (κ2) is 5.57. The lowest BCUT2D eigenvalue weighted by Gasteiger charge is -2.15. The highest BCUT2D eigenvalue weighted by Crippen LogP contribution is 2.29. The van der Waals surface area contributed by atoms with Crippen molar-refractivity contribution < 1.29 is 14.4 Å². The Morgan fingerprint density at radius 2 is 1.95 bits per heavy atom. The average Bonchev–Trinajstić information content (AvgIpc) is 2.65. The van der Waals surface area contributed by atoms with Crippen LogP contribution in [0.1, 0.15) is 30.6 Å². The van der Waals surface area contributed by atoms with E-state index < -0.39 is 0 Å². The molecule has 1 atom stereocenters. The molecule has 0 radical (unpaired) electrons. The number of nitrogens with zero attached hydrogens (tertiary/aromatic N) is 1. The highest BCUT2D eigenvalue weighted by Gasteiger charge is 2.39. The Hall–Kier alpha value is -1.62. The molecule has 1 fully saturated rings. The number of hydrogen-bond acceptors (Lipinski definition) is 4. The van der Waals surface area contributed by atoms with E-state index in [4.69, 9.17) is 0 Å². The van der Waals surface area contributed by atoms with Crippen molar-refractivity contribution in [2.75, 3.05) is 10.7 Å². The van der Waals surface area contributed by atoms with Crippen LogP contribution in [0.3, 0.4) is 0 Å². The lowest BCUT2D eigenvalue weighted by Crippen LogP contribution is -2.31. The van der Waals surface area contributed by atoms with Gasteiger partial charge in [-0.3, -0.25) is 14.4 Å². The van der Waals surface area contributed by atoms with E-state index in [1.54, 1.807) is 24.3 Å². The molecule has 0 saturated carbocycles. The van der Waals surface area contributed by atoms with Crippen molar-refractivity contribution in [3.8, 4) is 0 Å². The molecule has 1 heterocycles. The molecule has 100 valence electrons. The van der Waals surface area contributed by atoms with Crippen molar-refractivity contribution >= 4 is 35.0 Å². The van der Waals surface area contributed by atoms with Crippen LogP contribution in [0.25, 0.3) is 0 Å². The Labute approximate surface area is 116 Å². The van der Waals surface area contributed by atoms with E-state index in [0.29, 0.717) is 11.3 Å². The molecule has 4 nitrogen and oxygen atoms in total. The minimum absolute atomic E-state index is 0.0370. The number of benzene rings is 1. The predicted octanol–water partition coefficient (Wildman–Crippen LogP) is 2.27. The van der Waals surface area contributed by atoms with Crippen molar-refractivity contribution in [3.63, 3.8) is 0 Å². The van der Waals surface area contributed by atoms with Crippen LogP contribution in [0.2, 0.25) is 0 Å². The molecule has 0 aromatic heterocycles. The Kier molecular flexibility index (Phi) is 4.04. The number of carbonyl (C=O) groups is 3. The van der Waals surface area contributed by atoms with Crippen molar-refractivity contribution in [2.45, 2.75) is 25.5 Å². The lowest BCUT2D eigenvalue weighted by atomic mass is 10.1. The van der Waals surface area contributed by atoms with Gasteiger partial charge in [-0.25, -0.2) is 4.90 Å². The van der Waals surface area contributed by atoms with Crippen molar-refractivity contribution in [2.24, 2.45) is 0 Å². The first kappa shape index (κ1) is 13.8. The standard InChI is InChI=1S/C14H15NO3S/c1-3-19-12-8-13(17)15(14(12)18)11-6-4-10(5-7-11)9(2)16/h4-7,12H,3,8H2,1-2H3. The summed E-state index contributed by atoms with van der Waals surface area (Å²) in [6.45, 7) is 3.45. The van der Waals surface area contributed by atoms with Gasteiger partial charge in [-0.15, -0.1) is 11.8 Å². The third-order valence-corrected chi connectivity index (χ3v) is 4.11. The number of Topliss-reactive ketones (excluding diaryl/α,β-unsaturated/α-hetero) is 1. The van der Waals surface area contributed by atoms with Crippen molar-refractivity contribution in [3.05, 3.63) is 29.8 Å². The van der Waals surface area contributed by atoms with Gasteiger partial charge in [0.2, 0.25) is 11.8 Å². The maximum absolute atomic E-state index is 12.1. The molecule has 1 saturated heterocycles. The van der Waals surface area contributed by atoms with Gasteiger partial charge in [0.25, 0.3) is 0 Å². The molecule has 1 aromatic rings. The Bertz CT molecular complexity index is 524. The zero-order chi connectivity index (χ0) is 14.0. The second-order valence-electron chi connectivity index (χ2n) is 4.32. The number of hydrogen-bond donors (Lipinski definition) is 0. The molecule has 0 spiro atoms. The Balaban J connectivity index is 2.24. The molecule has 1 unspecified atom stereocenters. The van der Waals surface area contributed by atoms with Crippen molar-refractivity contribution in [1.29, 1.82) is 0 Å². The van der Waals surface area contributed by atoms with Crippen LogP contribution in [0, 0.1) is 0 Å². The second-order valence-corrected chi connectivity index (χ2v) is 5.80. The lowest BCUT2D eigenvalue weighted by molar-refractivity contribution is -0.121. The molecule has 0 N–H and O–H groups in total. The van der Waals surface area contributed by atoms with Gasteiger partial charge in [-0.1, -0.05) is 6.92 Å². The van der Waals surface area contributed by atoms with Gasteiger partial charge in [0.05, 0.1) is 10.9 Å². The van der Waals surface area contributed by atoms with E-state index in [0.717, 1.165) is 5.75 Å². The molecule has 19 heavy (non-hydrogen) atoms. The van der Waals surface area contributed by atoms with Gasteiger partial charge in [0, 0.05) is 12.0 Å². The van der Waals surface area contributed by atoms with E-state index in [9.17, 15) is 14.4 Å². The molecule has 2 rings (SSSR count). The van der Waals surface area contributed by atoms with Crippen LogP contribution in [0.5, 0.6) is 0 Å². The monoisotopic (exact) mass is 277 g/mol. The molecule has 1 aromatic carbocycles. The quantitative estimate of drug-likeness (QED) is 0.626. The molecule has 0 bridgehead atoms. The van der Waals surface area contributed by atoms with Crippen molar-refractivity contribution in [1.82, 2.24) is 0 Å². The summed E-state index contributed by atoms with van der Waals surface area (Å²) < 4.78 is 0. The molecule has 0 aliphatic carbocycles.